The van der Waals surface area contributed by atoms with Gasteiger partial charge in [-0.15, -0.1) is 0 Å². The first-order valence-corrected chi connectivity index (χ1v) is 6.04. The van der Waals surface area contributed by atoms with E-state index in [0.29, 0.717) is 5.69 Å². The number of aliphatic carboxylic acids is 1. The van der Waals surface area contributed by atoms with Crippen molar-refractivity contribution >= 4 is 29.2 Å². The van der Waals surface area contributed by atoms with Crippen LogP contribution in [0.4, 0.5) is 5.69 Å². The van der Waals surface area contributed by atoms with Gasteiger partial charge in [0, 0.05) is 5.69 Å². The summed E-state index contributed by atoms with van der Waals surface area (Å²) < 4.78 is 5.14. The third-order valence-corrected chi connectivity index (χ3v) is 3.31. The van der Waals surface area contributed by atoms with Crippen LogP contribution in [-0.4, -0.2) is 36.2 Å². The van der Waals surface area contributed by atoms with Crippen LogP contribution in [0.1, 0.15) is 10.4 Å². The van der Waals surface area contributed by atoms with E-state index in [4.69, 9.17) is 27.2 Å². The Balaban J connectivity index is 2.26. The number of carboxylic acids is 1. The first-order valence-electron chi connectivity index (χ1n) is 5.66. The molecule has 7 heteroatoms. The van der Waals surface area contributed by atoms with E-state index in [1.54, 1.807) is 18.2 Å². The number of carbonyl (C=O) groups is 2. The van der Waals surface area contributed by atoms with Gasteiger partial charge in [0.05, 0.1) is 29.8 Å². The van der Waals surface area contributed by atoms with Gasteiger partial charge < -0.3 is 20.9 Å². The average molecular weight is 285 g/mol. The molecule has 4 N–H and O–H groups in total. The van der Waals surface area contributed by atoms with Gasteiger partial charge in [0.15, 0.2) is 0 Å². The number of hydrogen-bond acceptors (Lipinski definition) is 4. The molecule has 0 saturated carbocycles. The van der Waals surface area contributed by atoms with E-state index in [9.17, 15) is 9.59 Å². The molecule has 1 heterocycles. The van der Waals surface area contributed by atoms with Crippen molar-refractivity contribution in [2.45, 2.75) is 6.04 Å². The summed E-state index contributed by atoms with van der Waals surface area (Å²) in [5.74, 6) is -2.28. The van der Waals surface area contributed by atoms with Gasteiger partial charge >= 0.3 is 5.97 Å². The molecule has 0 bridgehead atoms. The summed E-state index contributed by atoms with van der Waals surface area (Å²) in [5.41, 5.74) is 5.84. The van der Waals surface area contributed by atoms with E-state index < -0.39 is 23.8 Å². The number of primary amides is 1. The van der Waals surface area contributed by atoms with Crippen molar-refractivity contribution in [3.63, 3.8) is 0 Å². The fourth-order valence-corrected chi connectivity index (χ4v) is 2.30. The summed E-state index contributed by atoms with van der Waals surface area (Å²) in [4.78, 5) is 22.4. The smallest absolute Gasteiger partial charge is 0.311 e. The van der Waals surface area contributed by atoms with Crippen LogP contribution >= 0.6 is 11.6 Å². The number of halogens is 1. The zero-order chi connectivity index (χ0) is 14.0. The molecule has 6 nitrogen and oxygen atoms in total. The Morgan fingerprint density at radius 2 is 2.16 bits per heavy atom. The fourth-order valence-electron chi connectivity index (χ4n) is 2.03. The summed E-state index contributed by atoms with van der Waals surface area (Å²) in [6.07, 6.45) is 0. The molecule has 2 atom stereocenters. The fraction of sp³-hybridized carbons (Fsp3) is 0.333. The Hall–Kier alpha value is -1.79. The van der Waals surface area contributed by atoms with Crippen molar-refractivity contribution in [2.24, 2.45) is 11.7 Å². The van der Waals surface area contributed by atoms with Gasteiger partial charge in [-0.3, -0.25) is 9.59 Å². The van der Waals surface area contributed by atoms with Crippen LogP contribution in [0, 0.1) is 5.92 Å². The standard InChI is InChI=1S/C12H13ClN2O4/c13-7-2-1-3-8(10(7)11(14)16)15-9-5-19-4-6(9)12(17)18/h1-3,6,9,15H,4-5H2,(H2,14,16)(H,17,18). The van der Waals surface area contributed by atoms with Gasteiger partial charge in [0.2, 0.25) is 0 Å². The van der Waals surface area contributed by atoms with E-state index >= 15 is 0 Å². The lowest BCUT2D eigenvalue weighted by Crippen LogP contribution is -2.34. The van der Waals surface area contributed by atoms with Crippen LogP contribution < -0.4 is 11.1 Å². The average Bonchev–Trinajstić information content (AvgIpc) is 2.76. The van der Waals surface area contributed by atoms with Crippen molar-refractivity contribution in [3.8, 4) is 0 Å². The van der Waals surface area contributed by atoms with Gasteiger partial charge in [-0.25, -0.2) is 0 Å². The molecule has 0 aromatic heterocycles. The highest BCUT2D eigenvalue weighted by Crippen LogP contribution is 2.27. The number of nitrogens with one attached hydrogen (secondary N) is 1. The molecule has 0 spiro atoms. The molecule has 1 aliphatic heterocycles. The number of rotatable bonds is 4. The molecule has 1 amide bonds. The van der Waals surface area contributed by atoms with Crippen LogP contribution in [0.2, 0.25) is 5.02 Å². The molecule has 1 aromatic carbocycles. The second-order valence-electron chi connectivity index (χ2n) is 4.26. The number of anilines is 1. The van der Waals surface area contributed by atoms with Crippen LogP contribution in [0.5, 0.6) is 0 Å². The van der Waals surface area contributed by atoms with Crippen molar-refractivity contribution in [2.75, 3.05) is 18.5 Å². The molecule has 1 aliphatic rings. The van der Waals surface area contributed by atoms with E-state index in [1.807, 2.05) is 0 Å². The summed E-state index contributed by atoms with van der Waals surface area (Å²) >= 11 is 5.92. The predicted octanol–water partition coefficient (Wildman–Crippen LogP) is 0.950. The molecule has 102 valence electrons. The largest absolute Gasteiger partial charge is 0.481 e. The molecule has 0 aliphatic carbocycles. The minimum atomic E-state index is -0.947. The third kappa shape index (κ3) is 2.80. The quantitative estimate of drug-likeness (QED) is 0.764. The summed E-state index contributed by atoms with van der Waals surface area (Å²) in [6.45, 7) is 0.390. The Morgan fingerprint density at radius 1 is 1.42 bits per heavy atom. The molecule has 19 heavy (non-hydrogen) atoms. The maximum atomic E-state index is 11.4. The Labute approximate surface area is 114 Å². The summed E-state index contributed by atoms with van der Waals surface area (Å²) in [5, 5.41) is 12.3. The lowest BCUT2D eigenvalue weighted by molar-refractivity contribution is -0.141. The molecule has 2 unspecified atom stereocenters. The lowest BCUT2D eigenvalue weighted by Gasteiger charge is -2.19. The highest BCUT2D eigenvalue weighted by atomic mass is 35.5. The second kappa shape index (κ2) is 5.46. The zero-order valence-corrected chi connectivity index (χ0v) is 10.7. The number of carbonyl (C=O) groups excluding carboxylic acids is 1. The van der Waals surface area contributed by atoms with E-state index in [-0.39, 0.29) is 23.8 Å². The third-order valence-electron chi connectivity index (χ3n) is 3.00. The molecular formula is C12H13ClN2O4. The maximum Gasteiger partial charge on any atom is 0.311 e. The Morgan fingerprint density at radius 3 is 2.79 bits per heavy atom. The normalized spacial score (nSPS) is 22.2. The van der Waals surface area contributed by atoms with E-state index in [1.165, 1.54) is 0 Å². The van der Waals surface area contributed by atoms with Crippen LogP contribution in [0.25, 0.3) is 0 Å². The minimum Gasteiger partial charge on any atom is -0.481 e. The van der Waals surface area contributed by atoms with Crippen molar-refractivity contribution in [1.29, 1.82) is 0 Å². The lowest BCUT2D eigenvalue weighted by atomic mass is 10.0. The highest BCUT2D eigenvalue weighted by molar-refractivity contribution is 6.34. The number of benzene rings is 1. The maximum absolute atomic E-state index is 11.4. The molecule has 0 radical (unpaired) electrons. The van der Waals surface area contributed by atoms with Gasteiger partial charge in [-0.1, -0.05) is 17.7 Å². The van der Waals surface area contributed by atoms with Gasteiger partial charge in [-0.2, -0.15) is 0 Å². The highest BCUT2D eigenvalue weighted by Gasteiger charge is 2.34. The second-order valence-corrected chi connectivity index (χ2v) is 4.67. The molecule has 1 fully saturated rings. The van der Waals surface area contributed by atoms with E-state index in [2.05, 4.69) is 5.32 Å². The number of nitrogens with two attached hydrogens (primary N) is 1. The summed E-state index contributed by atoms with van der Waals surface area (Å²) in [6, 6.07) is 4.41. The van der Waals surface area contributed by atoms with Gasteiger partial charge in [-0.05, 0) is 12.1 Å². The molecule has 2 rings (SSSR count). The molecule has 1 saturated heterocycles. The van der Waals surface area contributed by atoms with Crippen LogP contribution in [0.15, 0.2) is 18.2 Å². The minimum absolute atomic E-state index is 0.138. The Bertz CT molecular complexity index is 520. The number of carboxylic acid groups (broad SMARTS) is 1. The Kier molecular flexibility index (Phi) is 3.92. The van der Waals surface area contributed by atoms with Gasteiger partial charge in [0.25, 0.3) is 5.91 Å². The van der Waals surface area contributed by atoms with Crippen molar-refractivity contribution in [3.05, 3.63) is 28.8 Å². The number of hydrogen-bond donors (Lipinski definition) is 3. The van der Waals surface area contributed by atoms with Crippen molar-refractivity contribution < 1.29 is 19.4 Å². The van der Waals surface area contributed by atoms with Crippen LogP contribution in [-0.2, 0) is 9.53 Å². The first kappa shape index (κ1) is 13.6. The summed E-state index contributed by atoms with van der Waals surface area (Å²) in [7, 11) is 0. The molecular weight excluding hydrogens is 272 g/mol. The van der Waals surface area contributed by atoms with Crippen LogP contribution in [0.3, 0.4) is 0 Å². The van der Waals surface area contributed by atoms with Gasteiger partial charge in [0.1, 0.15) is 5.92 Å². The SMILES string of the molecule is NC(=O)c1c(Cl)cccc1NC1COCC1C(=O)O. The first-order chi connectivity index (χ1) is 9.00. The topological polar surface area (TPSA) is 102 Å². The number of ether oxygens (including phenoxy) is 1. The van der Waals surface area contributed by atoms with E-state index in [0.717, 1.165) is 0 Å². The monoisotopic (exact) mass is 284 g/mol. The molecule has 1 aromatic rings. The van der Waals surface area contributed by atoms with Crippen molar-refractivity contribution in [1.82, 2.24) is 0 Å². The number of amides is 1. The predicted molar refractivity (Wildman–Crippen MR) is 69.3 cm³/mol. The zero-order valence-electron chi connectivity index (χ0n) is 9.93.